The summed E-state index contributed by atoms with van der Waals surface area (Å²) in [5.41, 5.74) is 2.31. The summed E-state index contributed by atoms with van der Waals surface area (Å²) in [5, 5.41) is 13.4. The van der Waals surface area contributed by atoms with Crippen LogP contribution in [-0.4, -0.2) is 43.2 Å². The second-order valence-corrected chi connectivity index (χ2v) is 8.02. The summed E-state index contributed by atoms with van der Waals surface area (Å²) in [6.45, 7) is 6.17. The third-order valence-corrected chi connectivity index (χ3v) is 4.55. The maximum Gasteiger partial charge on any atom is 0.410 e. The number of carbonyl (C=O) groups is 1. The molecule has 156 valence electrons. The van der Waals surface area contributed by atoms with Crippen LogP contribution in [0, 0.1) is 0 Å². The number of hydrogen-bond acceptors (Lipinski definition) is 8. The predicted molar refractivity (Wildman–Crippen MR) is 109 cm³/mol. The van der Waals surface area contributed by atoms with Crippen molar-refractivity contribution in [2.45, 2.75) is 39.3 Å². The van der Waals surface area contributed by atoms with Crippen molar-refractivity contribution in [3.05, 3.63) is 48.1 Å². The van der Waals surface area contributed by atoms with E-state index in [1.165, 1.54) is 6.39 Å². The highest BCUT2D eigenvalue weighted by atomic mass is 16.6. The first-order valence-corrected chi connectivity index (χ1v) is 9.61. The molecule has 1 aliphatic heterocycles. The van der Waals surface area contributed by atoms with Gasteiger partial charge in [0.1, 0.15) is 5.60 Å². The molecule has 0 unspecified atom stereocenters. The van der Waals surface area contributed by atoms with E-state index in [4.69, 9.17) is 9.15 Å². The van der Waals surface area contributed by atoms with Crippen molar-refractivity contribution in [3.63, 3.8) is 0 Å². The largest absolute Gasteiger partial charge is 0.493 e. The van der Waals surface area contributed by atoms with Gasteiger partial charge in [-0.1, -0.05) is 0 Å². The van der Waals surface area contributed by atoms with Gasteiger partial charge < -0.3 is 24.5 Å². The van der Waals surface area contributed by atoms with Crippen LogP contribution >= 0.6 is 0 Å². The van der Waals surface area contributed by atoms with E-state index in [2.05, 4.69) is 20.3 Å². The van der Waals surface area contributed by atoms with Crippen LogP contribution in [0.15, 0.2) is 41.3 Å². The standard InChI is InChI=1S/C21H23N5O4/c1-21(2,3)30-20(28)26-9-8-15-16(11-26)24-19(25-18(15)27)23-14-6-4-13(5-7-14)17-10-22-12-29-17/h4-7,10,12H,8-9,11H2,1-3H3,(H2,23,24,25,27). The molecule has 0 aliphatic carbocycles. The zero-order chi connectivity index (χ0) is 21.3. The molecule has 9 heteroatoms. The minimum atomic E-state index is -0.574. The average Bonchev–Trinajstić information content (AvgIpc) is 3.21. The molecule has 4 rings (SSSR count). The Bertz CT molecular complexity index is 1040. The van der Waals surface area contributed by atoms with Gasteiger partial charge in [0.2, 0.25) is 11.8 Å². The maximum atomic E-state index is 12.4. The molecule has 3 heterocycles. The Kier molecular flexibility index (Phi) is 5.03. The molecule has 3 aromatic rings. The van der Waals surface area contributed by atoms with Gasteiger partial charge in [-0.25, -0.2) is 14.8 Å². The molecule has 1 aromatic carbocycles. The van der Waals surface area contributed by atoms with Gasteiger partial charge >= 0.3 is 6.09 Å². The molecule has 0 bridgehead atoms. The summed E-state index contributed by atoms with van der Waals surface area (Å²) in [6, 6.07) is 7.46. The molecule has 0 spiro atoms. The van der Waals surface area contributed by atoms with Crippen LogP contribution in [0.2, 0.25) is 0 Å². The SMILES string of the molecule is CC(C)(C)OC(=O)N1CCc2c(O)nc(Nc3ccc(-c4cnco4)cc3)nc2C1. The molecule has 30 heavy (non-hydrogen) atoms. The lowest BCUT2D eigenvalue weighted by atomic mass is 10.1. The van der Waals surface area contributed by atoms with E-state index in [1.807, 2.05) is 45.0 Å². The molecule has 2 aromatic heterocycles. The number of amides is 1. The highest BCUT2D eigenvalue weighted by molar-refractivity contribution is 5.69. The Balaban J connectivity index is 1.50. The van der Waals surface area contributed by atoms with Crippen molar-refractivity contribution < 1.29 is 19.1 Å². The third-order valence-electron chi connectivity index (χ3n) is 4.55. The number of carbonyl (C=O) groups excluding carboxylic acids is 1. The molecule has 0 saturated carbocycles. The second-order valence-electron chi connectivity index (χ2n) is 8.02. The van der Waals surface area contributed by atoms with Gasteiger partial charge in [-0.2, -0.15) is 4.98 Å². The van der Waals surface area contributed by atoms with Crippen molar-refractivity contribution in [3.8, 4) is 17.2 Å². The van der Waals surface area contributed by atoms with Gasteiger partial charge in [-0.15, -0.1) is 0 Å². The molecule has 0 atom stereocenters. The molecule has 1 aliphatic rings. The fourth-order valence-corrected chi connectivity index (χ4v) is 3.15. The van der Waals surface area contributed by atoms with E-state index >= 15 is 0 Å². The van der Waals surface area contributed by atoms with Crippen LogP contribution in [0.25, 0.3) is 11.3 Å². The Labute approximate surface area is 173 Å². The molecular formula is C21H23N5O4. The van der Waals surface area contributed by atoms with Gasteiger partial charge in [-0.3, -0.25) is 0 Å². The summed E-state index contributed by atoms with van der Waals surface area (Å²) in [5.74, 6) is 0.848. The number of nitrogens with one attached hydrogen (secondary N) is 1. The monoisotopic (exact) mass is 409 g/mol. The fourth-order valence-electron chi connectivity index (χ4n) is 3.15. The number of fused-ring (bicyclic) bond motifs is 1. The molecule has 9 nitrogen and oxygen atoms in total. The molecule has 0 fully saturated rings. The topological polar surface area (TPSA) is 114 Å². The van der Waals surface area contributed by atoms with Crippen molar-refractivity contribution >= 4 is 17.7 Å². The Morgan fingerprint density at radius 2 is 2.00 bits per heavy atom. The molecule has 2 N–H and O–H groups in total. The second kappa shape index (κ2) is 7.66. The average molecular weight is 409 g/mol. The number of oxazole rings is 1. The minimum Gasteiger partial charge on any atom is -0.493 e. The van der Waals surface area contributed by atoms with Crippen molar-refractivity contribution in [1.82, 2.24) is 19.9 Å². The molecule has 0 saturated heterocycles. The first-order chi connectivity index (χ1) is 14.3. The number of aromatic nitrogens is 3. The smallest absolute Gasteiger partial charge is 0.410 e. The highest BCUT2D eigenvalue weighted by Gasteiger charge is 2.28. The Morgan fingerprint density at radius 3 is 2.67 bits per heavy atom. The number of ether oxygens (including phenoxy) is 1. The lowest BCUT2D eigenvalue weighted by Gasteiger charge is -2.30. The van der Waals surface area contributed by atoms with Crippen LogP contribution in [0.3, 0.4) is 0 Å². The van der Waals surface area contributed by atoms with E-state index in [9.17, 15) is 9.90 Å². The Morgan fingerprint density at radius 1 is 1.23 bits per heavy atom. The van der Waals surface area contributed by atoms with Crippen molar-refractivity contribution in [1.29, 1.82) is 0 Å². The maximum absolute atomic E-state index is 12.4. The lowest BCUT2D eigenvalue weighted by molar-refractivity contribution is 0.0219. The van der Waals surface area contributed by atoms with Gasteiger partial charge in [0.05, 0.1) is 18.4 Å². The zero-order valence-electron chi connectivity index (χ0n) is 17.0. The van der Waals surface area contributed by atoms with Gasteiger partial charge in [0.15, 0.2) is 12.2 Å². The summed E-state index contributed by atoms with van der Waals surface area (Å²) in [4.78, 5) is 26.5. The quantitative estimate of drug-likeness (QED) is 0.670. The van der Waals surface area contributed by atoms with E-state index in [-0.39, 0.29) is 18.4 Å². The van der Waals surface area contributed by atoms with Crippen LogP contribution in [0.1, 0.15) is 32.0 Å². The van der Waals surface area contributed by atoms with E-state index in [0.717, 1.165) is 11.3 Å². The van der Waals surface area contributed by atoms with E-state index in [0.29, 0.717) is 30.0 Å². The first-order valence-electron chi connectivity index (χ1n) is 9.61. The summed E-state index contributed by atoms with van der Waals surface area (Å²) in [6.07, 6.45) is 3.09. The van der Waals surface area contributed by atoms with Crippen LogP contribution in [0.5, 0.6) is 5.88 Å². The van der Waals surface area contributed by atoms with Crippen LogP contribution in [0.4, 0.5) is 16.4 Å². The van der Waals surface area contributed by atoms with E-state index in [1.54, 1.807) is 11.1 Å². The van der Waals surface area contributed by atoms with Crippen molar-refractivity contribution in [2.75, 3.05) is 11.9 Å². The van der Waals surface area contributed by atoms with Gasteiger partial charge in [0.25, 0.3) is 0 Å². The van der Waals surface area contributed by atoms with Crippen LogP contribution < -0.4 is 5.32 Å². The number of rotatable bonds is 3. The number of benzene rings is 1. The first kappa shape index (κ1) is 19.7. The third kappa shape index (κ3) is 4.35. The number of anilines is 2. The van der Waals surface area contributed by atoms with Gasteiger partial charge in [0, 0.05) is 23.4 Å². The number of aromatic hydroxyl groups is 1. The zero-order valence-corrected chi connectivity index (χ0v) is 17.0. The molecular weight excluding hydrogens is 386 g/mol. The van der Waals surface area contributed by atoms with Gasteiger partial charge in [-0.05, 0) is 51.5 Å². The fraction of sp³-hybridized carbons (Fsp3) is 0.333. The van der Waals surface area contributed by atoms with Crippen LogP contribution in [-0.2, 0) is 17.7 Å². The minimum absolute atomic E-state index is 0.0791. The normalized spacial score (nSPS) is 13.6. The van der Waals surface area contributed by atoms with E-state index < -0.39 is 11.7 Å². The summed E-state index contributed by atoms with van der Waals surface area (Å²) >= 11 is 0. The predicted octanol–water partition coefficient (Wildman–Crippen LogP) is 3.87. The number of hydrogen-bond donors (Lipinski definition) is 2. The summed E-state index contributed by atoms with van der Waals surface area (Å²) in [7, 11) is 0. The van der Waals surface area contributed by atoms with Crippen molar-refractivity contribution in [2.24, 2.45) is 0 Å². The number of nitrogens with zero attached hydrogens (tertiary/aromatic N) is 4. The summed E-state index contributed by atoms with van der Waals surface area (Å²) < 4.78 is 10.7. The molecule has 1 amide bonds. The Hall–Kier alpha value is -3.62. The molecule has 0 radical (unpaired) electrons. The highest BCUT2D eigenvalue weighted by Crippen LogP contribution is 2.28. The lowest BCUT2D eigenvalue weighted by Crippen LogP contribution is -2.40.